The van der Waals surface area contributed by atoms with Crippen molar-refractivity contribution < 1.29 is 58.4 Å². The largest absolute Gasteiger partial charge is 0.468 e. The Labute approximate surface area is 304 Å². The van der Waals surface area contributed by atoms with Crippen molar-refractivity contribution in [1.82, 2.24) is 4.90 Å². The van der Waals surface area contributed by atoms with E-state index in [9.17, 15) is 25.2 Å². The Morgan fingerprint density at radius 2 is 1.59 bits per heavy atom. The molecule has 4 N–H and O–H groups in total. The summed E-state index contributed by atoms with van der Waals surface area (Å²) in [6, 6.07) is -0.767. The number of carbonyl (C=O) groups excluding carboxylic acids is 1. The van der Waals surface area contributed by atoms with Gasteiger partial charge < -0.3 is 58.5 Å². The maximum absolute atomic E-state index is 14.2. The minimum Gasteiger partial charge on any atom is -0.468 e. The number of esters is 1. The van der Waals surface area contributed by atoms with Crippen LogP contribution in [0.3, 0.4) is 0 Å². The Hall–Kier alpha value is -1.46. The molecule has 0 amide bonds. The number of methoxy groups -OCH3 is 1. The maximum Gasteiger partial charge on any atom is 0.311 e. The number of likely N-dealkylation sites (N-methyl/N-ethyl adjacent to an activating group) is 1. The van der Waals surface area contributed by atoms with Crippen LogP contribution in [-0.4, -0.2) is 149 Å². The first-order valence-electron chi connectivity index (χ1n) is 18.7. The highest BCUT2D eigenvalue weighted by Gasteiger charge is 2.56. The van der Waals surface area contributed by atoms with Gasteiger partial charge in [0.2, 0.25) is 0 Å². The number of rotatable bonds is 7. The Bertz CT molecular complexity index is 1220. The number of aliphatic imine (C=N–C) groups is 1. The molecule has 14 nitrogen and oxygen atoms in total. The zero-order valence-corrected chi connectivity index (χ0v) is 32.9. The van der Waals surface area contributed by atoms with Crippen LogP contribution < -0.4 is 0 Å². The van der Waals surface area contributed by atoms with Crippen LogP contribution in [0.4, 0.5) is 0 Å². The molecule has 18 atom stereocenters. The fourth-order valence-corrected chi connectivity index (χ4v) is 8.65. The SMILES string of the molecule is CCC1OC(=O)C(C)C(OC2CC(C)(OC)C(O)C(C)O2)C(C)C(OC2OC(C)CC(N(C)C)C2O)C(C)(O)CC(C)N=C2OC1(C)C(O)C2C. The summed E-state index contributed by atoms with van der Waals surface area (Å²) in [6.07, 6.45) is -7.63. The Kier molecular flexibility index (Phi) is 13.4. The van der Waals surface area contributed by atoms with Crippen molar-refractivity contribution >= 4 is 11.9 Å². The molecule has 3 fully saturated rings. The van der Waals surface area contributed by atoms with Crippen LogP contribution in [0.5, 0.6) is 0 Å². The molecule has 51 heavy (non-hydrogen) atoms. The van der Waals surface area contributed by atoms with Crippen LogP contribution in [0.15, 0.2) is 4.99 Å². The summed E-state index contributed by atoms with van der Waals surface area (Å²) in [4.78, 5) is 21.0. The third-order valence-electron chi connectivity index (χ3n) is 11.9. The highest BCUT2D eigenvalue weighted by Crippen LogP contribution is 2.42. The number of aliphatic hydroxyl groups is 4. The second kappa shape index (κ2) is 16.1. The molecular formula is C37H66N2O12. The van der Waals surface area contributed by atoms with Crippen molar-refractivity contribution in [2.24, 2.45) is 22.7 Å². The van der Waals surface area contributed by atoms with Crippen LogP contribution in [0.2, 0.25) is 0 Å². The Balaban J connectivity index is 1.82. The van der Waals surface area contributed by atoms with Crippen LogP contribution in [-0.2, 0) is 38.0 Å². The molecule has 18 unspecified atom stereocenters. The smallest absolute Gasteiger partial charge is 0.311 e. The van der Waals surface area contributed by atoms with E-state index in [1.54, 1.807) is 34.6 Å². The van der Waals surface area contributed by atoms with E-state index in [1.165, 1.54) is 7.11 Å². The van der Waals surface area contributed by atoms with Gasteiger partial charge in [0.25, 0.3) is 0 Å². The van der Waals surface area contributed by atoms with Crippen molar-refractivity contribution in [3.8, 4) is 0 Å². The average molecular weight is 731 g/mol. The van der Waals surface area contributed by atoms with E-state index in [0.29, 0.717) is 18.7 Å². The number of hydrogen-bond donors (Lipinski definition) is 4. The fourth-order valence-electron chi connectivity index (χ4n) is 8.65. The van der Waals surface area contributed by atoms with Gasteiger partial charge in [0.05, 0.1) is 53.5 Å². The molecule has 3 saturated heterocycles. The quantitative estimate of drug-likeness (QED) is 0.281. The van der Waals surface area contributed by atoms with E-state index in [0.717, 1.165) is 0 Å². The summed E-state index contributed by atoms with van der Waals surface area (Å²) < 4.78 is 44.0. The number of ether oxygens (including phenoxy) is 7. The predicted octanol–water partition coefficient (Wildman–Crippen LogP) is 2.41. The monoisotopic (exact) mass is 730 g/mol. The Morgan fingerprint density at radius 1 is 0.941 bits per heavy atom. The number of cyclic esters (lactones) is 1. The van der Waals surface area contributed by atoms with Crippen molar-refractivity contribution in [2.75, 3.05) is 21.2 Å². The average Bonchev–Trinajstić information content (AvgIpc) is 3.26. The molecule has 0 aromatic carbocycles. The first-order valence-corrected chi connectivity index (χ1v) is 18.7. The lowest BCUT2D eigenvalue weighted by atomic mass is 9.78. The lowest BCUT2D eigenvalue weighted by Gasteiger charge is -2.48. The Morgan fingerprint density at radius 3 is 2.18 bits per heavy atom. The molecule has 0 radical (unpaired) electrons. The van der Waals surface area contributed by atoms with E-state index >= 15 is 0 Å². The van der Waals surface area contributed by atoms with Crippen LogP contribution >= 0.6 is 0 Å². The van der Waals surface area contributed by atoms with Crippen molar-refractivity contribution in [3.63, 3.8) is 0 Å². The third-order valence-corrected chi connectivity index (χ3v) is 11.9. The van der Waals surface area contributed by atoms with Gasteiger partial charge in [0.15, 0.2) is 24.1 Å². The van der Waals surface area contributed by atoms with Crippen molar-refractivity contribution in [1.29, 1.82) is 0 Å². The standard InChI is InChI=1S/C37H66N2O12/c1-14-25-37(10)29(41)22(6)32(51-37)38-18(2)16-35(8,44)31(50-34-27(40)24(39(11)12)15-19(3)46-34)20(4)28(21(5)33(43)48-25)49-26-17-36(9,45-13)30(42)23(7)47-26/h18-31,34,40-42,44H,14-17H2,1-13H3. The van der Waals surface area contributed by atoms with E-state index < -0.39 is 102 Å². The minimum atomic E-state index is -1.62. The first kappa shape index (κ1) is 42.3. The molecule has 0 saturated carbocycles. The van der Waals surface area contributed by atoms with Gasteiger partial charge in [0, 0.05) is 31.9 Å². The second-order valence-electron chi connectivity index (χ2n) is 16.5. The molecule has 14 heteroatoms. The van der Waals surface area contributed by atoms with Gasteiger partial charge in [-0.2, -0.15) is 0 Å². The fraction of sp³-hybridized carbons (Fsp3) is 0.946. The molecule has 0 aromatic rings. The predicted molar refractivity (Wildman–Crippen MR) is 188 cm³/mol. The van der Waals surface area contributed by atoms with E-state index in [4.69, 9.17) is 38.2 Å². The summed E-state index contributed by atoms with van der Waals surface area (Å²) >= 11 is 0. The van der Waals surface area contributed by atoms with Gasteiger partial charge in [-0.1, -0.05) is 20.8 Å². The number of aliphatic hydroxyl groups excluding tert-OH is 3. The van der Waals surface area contributed by atoms with Gasteiger partial charge in [-0.25, -0.2) is 0 Å². The van der Waals surface area contributed by atoms with Gasteiger partial charge >= 0.3 is 5.97 Å². The highest BCUT2D eigenvalue weighted by molar-refractivity contribution is 5.82. The molecule has 2 bridgehead atoms. The molecule has 296 valence electrons. The molecule has 0 aliphatic carbocycles. The lowest BCUT2D eigenvalue weighted by Crippen LogP contribution is -2.60. The number of carbonyl (C=O) groups is 1. The zero-order chi connectivity index (χ0) is 38.4. The van der Waals surface area contributed by atoms with Crippen molar-refractivity contribution in [2.45, 2.75) is 185 Å². The molecule has 0 spiro atoms. The summed E-state index contributed by atoms with van der Waals surface area (Å²) in [5, 5.41) is 46.3. The van der Waals surface area contributed by atoms with Crippen LogP contribution in [0, 0.1) is 17.8 Å². The summed E-state index contributed by atoms with van der Waals surface area (Å²) in [5.41, 5.74) is -3.90. The van der Waals surface area contributed by atoms with Gasteiger partial charge in [-0.3, -0.25) is 9.79 Å². The van der Waals surface area contributed by atoms with Gasteiger partial charge in [-0.15, -0.1) is 0 Å². The van der Waals surface area contributed by atoms with Gasteiger partial charge in [-0.05, 0) is 75.4 Å². The summed E-state index contributed by atoms with van der Waals surface area (Å²) in [5.74, 6) is -2.46. The van der Waals surface area contributed by atoms with E-state index in [1.807, 2.05) is 53.6 Å². The van der Waals surface area contributed by atoms with Crippen molar-refractivity contribution in [3.05, 3.63) is 0 Å². The topological polar surface area (TPSA) is 178 Å². The molecule has 4 heterocycles. The third kappa shape index (κ3) is 8.60. The normalized spacial score (nSPS) is 50.3. The summed E-state index contributed by atoms with van der Waals surface area (Å²) in [7, 11) is 5.28. The molecule has 4 rings (SSSR count). The molecular weight excluding hydrogens is 664 g/mol. The van der Waals surface area contributed by atoms with Gasteiger partial charge in [0.1, 0.15) is 24.4 Å². The van der Waals surface area contributed by atoms with E-state index in [-0.39, 0.29) is 25.0 Å². The summed E-state index contributed by atoms with van der Waals surface area (Å²) in [6.45, 7) is 17.8. The van der Waals surface area contributed by atoms with E-state index in [2.05, 4.69) is 0 Å². The number of hydrogen-bond acceptors (Lipinski definition) is 14. The zero-order valence-electron chi connectivity index (χ0n) is 32.9. The highest BCUT2D eigenvalue weighted by atomic mass is 16.7. The number of nitrogens with zero attached hydrogens (tertiary/aromatic N) is 2. The van der Waals surface area contributed by atoms with Crippen LogP contribution in [0.1, 0.15) is 94.9 Å². The first-order chi connectivity index (χ1) is 23.6. The minimum absolute atomic E-state index is 0.0948. The molecule has 4 aliphatic heterocycles. The molecule has 4 aliphatic rings. The molecule has 0 aromatic heterocycles. The lowest BCUT2D eigenvalue weighted by molar-refractivity contribution is -0.317. The maximum atomic E-state index is 14.2. The van der Waals surface area contributed by atoms with Crippen LogP contribution in [0.25, 0.3) is 0 Å². The second-order valence-corrected chi connectivity index (χ2v) is 16.5. The number of fused-ring (bicyclic) bond motifs is 2.